The minimum Gasteiger partial charge on any atom is -0.363 e. The molecule has 2 heterocycles. The standard InChI is InChI=1S/C22H18ClF5N4O/c1-11-2-4-12(5-3-11)17-9-18(19(24)25)32-20(31-17)14(10-29-32)21(33)30-13-6-7-16(23)15(8-13)22(26,27)28/h2-8,10,17-19,31H,9H2,1H3,(H,30,33)/t17-,18+/m1/s1. The lowest BCUT2D eigenvalue weighted by Crippen LogP contribution is -2.31. The third-order valence-electron chi connectivity index (χ3n) is 5.44. The number of hydrogen-bond acceptors (Lipinski definition) is 3. The number of anilines is 2. The van der Waals surface area contributed by atoms with Crippen molar-refractivity contribution in [2.45, 2.75) is 38.0 Å². The molecule has 0 saturated carbocycles. The van der Waals surface area contributed by atoms with Crippen LogP contribution >= 0.6 is 11.6 Å². The number of nitrogens with zero attached hydrogens (tertiary/aromatic N) is 2. The molecule has 0 saturated heterocycles. The molecule has 2 aromatic carbocycles. The van der Waals surface area contributed by atoms with Crippen LogP contribution in [-0.2, 0) is 6.18 Å². The van der Waals surface area contributed by atoms with Crippen molar-refractivity contribution in [2.75, 3.05) is 10.6 Å². The monoisotopic (exact) mass is 484 g/mol. The summed E-state index contributed by atoms with van der Waals surface area (Å²) in [4.78, 5) is 12.9. The maximum Gasteiger partial charge on any atom is 0.417 e. The Bertz CT molecular complexity index is 1180. The van der Waals surface area contributed by atoms with Crippen LogP contribution in [0.2, 0.25) is 5.02 Å². The van der Waals surface area contributed by atoms with Crippen LogP contribution in [0.1, 0.15) is 45.6 Å². The minimum absolute atomic E-state index is 0.0442. The normalized spacial score (nSPS) is 18.1. The van der Waals surface area contributed by atoms with Crippen molar-refractivity contribution in [3.63, 3.8) is 0 Å². The lowest BCUT2D eigenvalue weighted by Gasteiger charge is -2.32. The molecule has 2 N–H and O–H groups in total. The van der Waals surface area contributed by atoms with Crippen LogP contribution in [0.15, 0.2) is 48.7 Å². The van der Waals surface area contributed by atoms with Gasteiger partial charge in [0.2, 0.25) is 0 Å². The molecule has 1 amide bonds. The van der Waals surface area contributed by atoms with Gasteiger partial charge < -0.3 is 10.6 Å². The molecule has 33 heavy (non-hydrogen) atoms. The number of amides is 1. The van der Waals surface area contributed by atoms with Gasteiger partial charge in [-0.15, -0.1) is 0 Å². The van der Waals surface area contributed by atoms with Crippen LogP contribution in [0.25, 0.3) is 0 Å². The van der Waals surface area contributed by atoms with E-state index in [1.54, 1.807) is 0 Å². The molecule has 4 rings (SSSR count). The summed E-state index contributed by atoms with van der Waals surface area (Å²) in [6, 6.07) is 8.50. The zero-order valence-corrected chi connectivity index (χ0v) is 17.9. The van der Waals surface area contributed by atoms with E-state index in [2.05, 4.69) is 15.7 Å². The SMILES string of the molecule is Cc1ccc([C@H]2C[C@@H](C(F)F)n3ncc(C(=O)Nc4ccc(Cl)c(C(F)(F)F)c4)c3N2)cc1. The summed E-state index contributed by atoms with van der Waals surface area (Å²) < 4.78 is 68.0. The Labute approximate surface area is 190 Å². The number of aromatic nitrogens is 2. The van der Waals surface area contributed by atoms with Crippen LogP contribution in [0, 0.1) is 6.92 Å². The predicted molar refractivity (Wildman–Crippen MR) is 114 cm³/mol. The Hall–Kier alpha value is -3.14. The Balaban J connectivity index is 1.65. The summed E-state index contributed by atoms with van der Waals surface area (Å²) >= 11 is 5.61. The van der Waals surface area contributed by atoms with Crippen LogP contribution < -0.4 is 10.6 Å². The van der Waals surface area contributed by atoms with E-state index in [1.165, 1.54) is 6.07 Å². The number of benzene rings is 2. The second-order valence-corrected chi connectivity index (χ2v) is 8.15. The highest BCUT2D eigenvalue weighted by molar-refractivity contribution is 6.31. The van der Waals surface area contributed by atoms with Crippen molar-refractivity contribution in [3.8, 4) is 0 Å². The fourth-order valence-corrected chi connectivity index (χ4v) is 3.96. The number of hydrogen-bond donors (Lipinski definition) is 2. The fraction of sp³-hybridized carbons (Fsp3) is 0.273. The quantitative estimate of drug-likeness (QED) is 0.417. The van der Waals surface area contributed by atoms with E-state index in [1.807, 2.05) is 31.2 Å². The average molecular weight is 485 g/mol. The first-order valence-electron chi connectivity index (χ1n) is 9.91. The summed E-state index contributed by atoms with van der Waals surface area (Å²) in [5, 5.41) is 8.88. The molecule has 5 nitrogen and oxygen atoms in total. The van der Waals surface area contributed by atoms with Gasteiger partial charge in [0.05, 0.1) is 22.8 Å². The van der Waals surface area contributed by atoms with Crippen molar-refractivity contribution < 1.29 is 26.7 Å². The lowest BCUT2D eigenvalue weighted by atomic mass is 9.96. The topological polar surface area (TPSA) is 59.0 Å². The molecule has 11 heteroatoms. The van der Waals surface area contributed by atoms with Gasteiger partial charge in [-0.1, -0.05) is 41.4 Å². The maximum atomic E-state index is 13.8. The zero-order chi connectivity index (χ0) is 23.9. The van der Waals surface area contributed by atoms with Crippen LogP contribution in [0.5, 0.6) is 0 Å². The van der Waals surface area contributed by atoms with Crippen LogP contribution in [0.4, 0.5) is 33.5 Å². The van der Waals surface area contributed by atoms with Crippen molar-refractivity contribution in [1.82, 2.24) is 9.78 Å². The molecule has 0 unspecified atom stereocenters. The first kappa shape index (κ1) is 23.0. The molecule has 0 bridgehead atoms. The third-order valence-corrected chi connectivity index (χ3v) is 5.77. The van der Waals surface area contributed by atoms with Crippen LogP contribution in [0.3, 0.4) is 0 Å². The molecule has 174 valence electrons. The van der Waals surface area contributed by atoms with Crippen LogP contribution in [-0.4, -0.2) is 22.1 Å². The lowest BCUT2D eigenvalue weighted by molar-refractivity contribution is -0.137. The van der Waals surface area contributed by atoms with Gasteiger partial charge in [0.15, 0.2) is 0 Å². The first-order valence-corrected chi connectivity index (χ1v) is 10.3. The molecule has 2 atom stereocenters. The number of carbonyl (C=O) groups is 1. The molecule has 0 fully saturated rings. The molecule has 0 spiro atoms. The maximum absolute atomic E-state index is 13.8. The number of aryl methyl sites for hydroxylation is 1. The Morgan fingerprint density at radius 3 is 2.55 bits per heavy atom. The summed E-state index contributed by atoms with van der Waals surface area (Å²) in [5.41, 5.74) is 0.451. The number of carbonyl (C=O) groups excluding carboxylic acids is 1. The Kier molecular flexibility index (Phi) is 6.04. The third kappa shape index (κ3) is 4.66. The van der Waals surface area contributed by atoms with E-state index in [9.17, 15) is 26.7 Å². The van der Waals surface area contributed by atoms with Crippen molar-refractivity contribution in [1.29, 1.82) is 0 Å². The van der Waals surface area contributed by atoms with E-state index in [4.69, 9.17) is 11.6 Å². The molecular weight excluding hydrogens is 467 g/mol. The summed E-state index contributed by atoms with van der Waals surface area (Å²) in [5.74, 6) is -0.726. The van der Waals surface area contributed by atoms with E-state index in [-0.39, 0.29) is 23.5 Å². The Morgan fingerprint density at radius 2 is 1.91 bits per heavy atom. The van der Waals surface area contributed by atoms with E-state index >= 15 is 0 Å². The van der Waals surface area contributed by atoms with Gasteiger partial charge in [-0.05, 0) is 37.1 Å². The molecule has 0 radical (unpaired) electrons. The second kappa shape index (κ2) is 8.66. The van der Waals surface area contributed by atoms with Gasteiger partial charge in [0, 0.05) is 5.69 Å². The van der Waals surface area contributed by atoms with Gasteiger partial charge in [-0.25, -0.2) is 13.5 Å². The van der Waals surface area contributed by atoms with Gasteiger partial charge in [0.1, 0.15) is 17.4 Å². The van der Waals surface area contributed by atoms with Crippen molar-refractivity contribution in [2.24, 2.45) is 0 Å². The van der Waals surface area contributed by atoms with Gasteiger partial charge in [-0.2, -0.15) is 18.3 Å². The molecule has 1 aliphatic rings. The summed E-state index contributed by atoms with van der Waals surface area (Å²) in [6.45, 7) is 1.90. The van der Waals surface area contributed by atoms with E-state index < -0.39 is 41.2 Å². The number of alkyl halides is 5. The highest BCUT2D eigenvalue weighted by atomic mass is 35.5. The van der Waals surface area contributed by atoms with Gasteiger partial charge in [-0.3, -0.25) is 4.79 Å². The average Bonchev–Trinajstić information content (AvgIpc) is 3.18. The summed E-state index contributed by atoms with van der Waals surface area (Å²) in [6.07, 6.45) is -6.28. The number of fused-ring (bicyclic) bond motifs is 1. The highest BCUT2D eigenvalue weighted by Crippen LogP contribution is 2.40. The fourth-order valence-electron chi connectivity index (χ4n) is 3.74. The van der Waals surface area contributed by atoms with Crippen molar-refractivity contribution in [3.05, 3.63) is 75.9 Å². The first-order chi connectivity index (χ1) is 15.5. The molecule has 0 aliphatic carbocycles. The molecular formula is C22H18ClF5N4O. The van der Waals surface area contributed by atoms with Gasteiger partial charge in [0.25, 0.3) is 12.3 Å². The van der Waals surface area contributed by atoms with Crippen molar-refractivity contribution >= 4 is 29.0 Å². The largest absolute Gasteiger partial charge is 0.417 e. The second-order valence-electron chi connectivity index (χ2n) is 7.74. The van der Waals surface area contributed by atoms with E-state index in [0.29, 0.717) is 6.07 Å². The number of nitrogens with one attached hydrogen (secondary N) is 2. The van der Waals surface area contributed by atoms with Gasteiger partial charge >= 0.3 is 6.18 Å². The minimum atomic E-state index is -4.71. The molecule has 3 aromatic rings. The van der Waals surface area contributed by atoms with E-state index in [0.717, 1.165) is 28.1 Å². The molecule has 1 aliphatic heterocycles. The Morgan fingerprint density at radius 1 is 1.21 bits per heavy atom. The smallest absolute Gasteiger partial charge is 0.363 e. The highest BCUT2D eigenvalue weighted by Gasteiger charge is 2.37. The summed E-state index contributed by atoms with van der Waals surface area (Å²) in [7, 11) is 0. The zero-order valence-electron chi connectivity index (χ0n) is 17.1. The number of rotatable bonds is 4. The number of halogens is 6. The predicted octanol–water partition coefficient (Wildman–Crippen LogP) is 6.48. The molecule has 1 aromatic heterocycles.